The quantitative estimate of drug-likeness (QED) is 0.0649. The molecule has 0 fully saturated rings. The Bertz CT molecular complexity index is 2790. The molecule has 71 heavy (non-hydrogen) atoms. The first kappa shape index (κ1) is 57.9. The topological polar surface area (TPSA) is 120 Å². The second-order valence-corrected chi connectivity index (χ2v) is 19.4. The smallest absolute Gasteiger partial charge is 1.00 e. The van der Waals surface area contributed by atoms with Crippen molar-refractivity contribution in [2.24, 2.45) is 0 Å². The van der Waals surface area contributed by atoms with Gasteiger partial charge in [0, 0.05) is 36.3 Å². The van der Waals surface area contributed by atoms with Gasteiger partial charge in [0.15, 0.2) is 0 Å². The van der Waals surface area contributed by atoms with Crippen LogP contribution in [0.4, 0.5) is 11.4 Å². The van der Waals surface area contributed by atoms with Gasteiger partial charge in [-0.2, -0.15) is 0 Å². The Kier molecular flexibility index (Phi) is 21.7. The summed E-state index contributed by atoms with van der Waals surface area (Å²) in [4.78, 5) is 50.7. The van der Waals surface area contributed by atoms with E-state index in [9.17, 15) is 19.2 Å². The molecule has 0 saturated heterocycles. The zero-order chi connectivity index (χ0) is 49.7. The number of ether oxygens (including phenoxy) is 4. The Morgan fingerprint density at radius 2 is 1.08 bits per heavy atom. The Labute approximate surface area is 452 Å². The van der Waals surface area contributed by atoms with Gasteiger partial charge in [0.1, 0.15) is 11.2 Å². The van der Waals surface area contributed by atoms with Gasteiger partial charge in [-0.05, 0) is 166 Å². The Hall–Kier alpha value is -5.72. The normalized spacial score (nSPS) is 12.4. The van der Waals surface area contributed by atoms with Crippen LogP contribution in [0.5, 0.6) is 0 Å². The number of esters is 4. The molecule has 8 rings (SSSR count). The molecule has 1 N–H and O–H groups in total. The third-order valence-corrected chi connectivity index (χ3v) is 11.9. The van der Waals surface area contributed by atoms with Crippen molar-refractivity contribution in [1.29, 1.82) is 0 Å². The largest absolute Gasteiger partial charge is 1.00 e. The molecule has 0 radical (unpaired) electrons. The van der Waals surface area contributed by atoms with Gasteiger partial charge in [0.25, 0.3) is 0 Å². The minimum atomic E-state index is -0.554. The van der Waals surface area contributed by atoms with Gasteiger partial charge in [-0.25, -0.2) is 19.2 Å². The number of alkyl halides is 1. The predicted molar refractivity (Wildman–Crippen MR) is 286 cm³/mol. The number of carbonyl (C=O) groups is 4. The second-order valence-electron chi connectivity index (χ2n) is 18.9. The van der Waals surface area contributed by atoms with Crippen LogP contribution < -0.4 is 39.8 Å². The van der Waals surface area contributed by atoms with Crippen molar-refractivity contribution in [1.82, 2.24) is 0 Å². The Morgan fingerprint density at radius 1 is 0.592 bits per heavy atom. The number of anilines is 2. The van der Waals surface area contributed by atoms with Crippen LogP contribution in [0.3, 0.4) is 0 Å². The number of halogens is 1. The van der Waals surface area contributed by atoms with E-state index in [1.54, 1.807) is 6.07 Å². The number of hydrogen-bond acceptors (Lipinski definition) is 10. The Morgan fingerprint density at radius 3 is 1.62 bits per heavy atom. The molecule has 2 aliphatic rings. The van der Waals surface area contributed by atoms with Gasteiger partial charge in [0.2, 0.25) is 0 Å². The number of benzene rings is 6. The molecule has 0 unspecified atom stereocenters. The summed E-state index contributed by atoms with van der Waals surface area (Å²) < 4.78 is 20.7. The van der Waals surface area contributed by atoms with Crippen LogP contribution in [0.1, 0.15) is 127 Å². The monoisotopic (exact) mass is 1030 g/mol. The van der Waals surface area contributed by atoms with Crippen molar-refractivity contribution in [3.63, 3.8) is 0 Å². The maximum Gasteiger partial charge on any atom is 1.00 e. The van der Waals surface area contributed by atoms with Crippen molar-refractivity contribution in [2.75, 3.05) is 37.5 Å². The first-order valence-electron chi connectivity index (χ1n) is 23.3. The number of nitrogens with zero attached hydrogens (tertiary/aromatic N) is 1. The minimum Gasteiger partial charge on any atom is -1.00 e. The summed E-state index contributed by atoms with van der Waals surface area (Å²) >= 11 is 3.46. The number of hydrogen-bond donors (Lipinski definition) is 1. The van der Waals surface area contributed by atoms with E-state index >= 15 is 0 Å². The summed E-state index contributed by atoms with van der Waals surface area (Å²) in [5.74, 6) is -1.18. The van der Waals surface area contributed by atoms with E-state index in [0.717, 1.165) is 89.8 Å². The predicted octanol–water partition coefficient (Wildman–Crippen LogP) is 10.8. The van der Waals surface area contributed by atoms with Gasteiger partial charge in [-0.15, -0.1) is 0 Å². The van der Waals surface area contributed by atoms with Crippen LogP contribution in [-0.2, 0) is 43.7 Å². The maximum atomic E-state index is 12.8. The van der Waals surface area contributed by atoms with Crippen LogP contribution in [0, 0.1) is 0 Å². The van der Waals surface area contributed by atoms with Crippen LogP contribution >= 0.6 is 15.9 Å². The van der Waals surface area contributed by atoms with Crippen molar-refractivity contribution in [2.45, 2.75) is 97.7 Å². The maximum absolute atomic E-state index is 12.8. The average Bonchev–Trinajstić information content (AvgIpc) is 3.35. The van der Waals surface area contributed by atoms with Crippen LogP contribution in [-0.4, -0.2) is 62.4 Å². The molecule has 0 aliphatic carbocycles. The van der Waals surface area contributed by atoms with Crippen molar-refractivity contribution in [3.8, 4) is 22.3 Å². The molecule has 0 aromatic heterocycles. The molecular formula is C59H68BrN2NaO8. The molecule has 6 aromatic carbocycles. The van der Waals surface area contributed by atoms with E-state index < -0.39 is 11.2 Å². The first-order valence-corrected chi connectivity index (χ1v) is 24.4. The first-order chi connectivity index (χ1) is 33.0. The molecule has 6 aromatic rings. The summed E-state index contributed by atoms with van der Waals surface area (Å²) in [6.07, 6.45) is 4.13. The molecule has 0 spiro atoms. The van der Waals surface area contributed by atoms with E-state index in [1.165, 1.54) is 30.9 Å². The van der Waals surface area contributed by atoms with Gasteiger partial charge < -0.3 is 30.6 Å². The SMILES string of the molecule is C.CC(C)(C)OC(=O)c1ccccc1-c1cccc(CBr)c1.COC(=O)c1ccc2c(c1)CCCN2.COC(=O)c1ccc2c(c1)CCCN2Cc1cccc(-c2ccccc2C(=O)OC(C)(C)C)c1.[H-].[Na+]. The zero-order valence-corrected chi connectivity index (χ0v) is 45.5. The van der Waals surface area contributed by atoms with E-state index in [4.69, 9.17) is 14.2 Å². The molecule has 370 valence electrons. The molecule has 0 amide bonds. The van der Waals surface area contributed by atoms with Crippen molar-refractivity contribution >= 4 is 51.2 Å². The number of methoxy groups -OCH3 is 2. The molecular weight excluding hydrogens is 968 g/mol. The third kappa shape index (κ3) is 16.4. The number of nitrogens with one attached hydrogen (secondary N) is 1. The fourth-order valence-electron chi connectivity index (χ4n) is 8.18. The minimum absolute atomic E-state index is 0. The molecule has 0 atom stereocenters. The van der Waals surface area contributed by atoms with E-state index in [1.807, 2.05) is 151 Å². The molecule has 0 bridgehead atoms. The molecule has 0 saturated carbocycles. The van der Waals surface area contributed by atoms with Crippen LogP contribution in [0.25, 0.3) is 22.3 Å². The second kappa shape index (κ2) is 26.6. The fourth-order valence-corrected chi connectivity index (χ4v) is 8.52. The number of rotatable bonds is 9. The fraction of sp³-hybridized carbons (Fsp3) is 0.322. The van der Waals surface area contributed by atoms with Gasteiger partial charge in [0.05, 0.1) is 36.5 Å². The summed E-state index contributed by atoms with van der Waals surface area (Å²) in [5.41, 5.74) is 12.1. The molecule has 2 heterocycles. The average molecular weight is 1040 g/mol. The van der Waals surface area contributed by atoms with Crippen molar-refractivity contribution in [3.05, 3.63) is 178 Å². The van der Waals surface area contributed by atoms with E-state index in [2.05, 4.69) is 49.1 Å². The van der Waals surface area contributed by atoms with Crippen molar-refractivity contribution < 1.29 is 69.1 Å². The van der Waals surface area contributed by atoms with Crippen LogP contribution in [0.15, 0.2) is 133 Å². The zero-order valence-electron chi connectivity index (χ0n) is 42.9. The molecule has 12 heteroatoms. The number of fused-ring (bicyclic) bond motifs is 2. The number of aryl methyl sites for hydroxylation is 2. The van der Waals surface area contributed by atoms with Gasteiger partial charge in [-0.3, -0.25) is 0 Å². The van der Waals surface area contributed by atoms with Gasteiger partial charge in [-0.1, -0.05) is 102 Å². The third-order valence-electron chi connectivity index (χ3n) is 11.3. The standard InChI is InChI=1S/C29H31NO4.C18H19BrO2.C11H13NO2.CH4.Na.H/c1-29(2,3)34-28(32)25-13-6-5-12-24(25)21-10-7-9-20(17-21)19-30-16-8-11-22-18-23(27(31)33-4)14-15-26(22)30;1-18(2,3)21-17(20)16-10-5-4-9-15(16)14-8-6-7-13(11-14)12-19;1-14-11(13)9-4-5-10-8(7-9)3-2-6-12-10;;;/h5-7,9-10,12-15,17-18H,8,11,16,19H2,1-4H3;4-11H,12H2,1-3H3;4-5,7,12H,2-3,6H2,1H3;1H4;;/q;;;;+1;-1. The van der Waals surface area contributed by atoms with Gasteiger partial charge >= 0.3 is 53.4 Å². The Balaban J connectivity index is 0.000000308. The van der Waals surface area contributed by atoms with E-state index in [0.29, 0.717) is 22.3 Å². The summed E-state index contributed by atoms with van der Waals surface area (Å²) in [6.45, 7) is 14.0. The summed E-state index contributed by atoms with van der Waals surface area (Å²) in [7, 11) is 2.81. The van der Waals surface area contributed by atoms with Crippen LogP contribution in [0.2, 0.25) is 0 Å². The molecule has 10 nitrogen and oxygen atoms in total. The molecule has 2 aliphatic heterocycles. The summed E-state index contributed by atoms with van der Waals surface area (Å²) in [6, 6.07) is 43.0. The number of carbonyl (C=O) groups excluding carboxylic acids is 4. The summed E-state index contributed by atoms with van der Waals surface area (Å²) in [5, 5.41) is 4.08. The van der Waals surface area contributed by atoms with E-state index in [-0.39, 0.29) is 62.3 Å².